The predicted molar refractivity (Wildman–Crippen MR) is 127 cm³/mol. The standard InChI is InChI=1S/C26H22N4O3/c1-16-8-10-17(11-9-16)22-21-23(25(32)30(24(21)31)19-6-4-3-5-7-19)29-26(28-22)27-18-12-14-20(33-2)15-13-18/h3-15,22H,1-2H3,(H2,27,28,29). The van der Waals surface area contributed by atoms with Gasteiger partial charge in [0.05, 0.1) is 18.4 Å². The van der Waals surface area contributed by atoms with E-state index in [2.05, 4.69) is 10.6 Å². The molecule has 33 heavy (non-hydrogen) atoms. The molecule has 0 bridgehead atoms. The van der Waals surface area contributed by atoms with E-state index in [1.807, 2.05) is 61.5 Å². The summed E-state index contributed by atoms with van der Waals surface area (Å²) in [4.78, 5) is 32.8. The Morgan fingerprint density at radius 1 is 0.909 bits per heavy atom. The van der Waals surface area contributed by atoms with Crippen LogP contribution < -0.4 is 20.3 Å². The number of anilines is 2. The van der Waals surface area contributed by atoms with Crippen LogP contribution in [0.15, 0.2) is 95.1 Å². The fourth-order valence-corrected chi connectivity index (χ4v) is 3.94. The number of nitrogens with zero attached hydrogens (tertiary/aromatic N) is 2. The van der Waals surface area contributed by atoms with Gasteiger partial charge < -0.3 is 15.4 Å². The number of hydrogen-bond donors (Lipinski definition) is 2. The van der Waals surface area contributed by atoms with Crippen LogP contribution in [0.1, 0.15) is 17.2 Å². The lowest BCUT2D eigenvalue weighted by molar-refractivity contribution is -0.120. The smallest absolute Gasteiger partial charge is 0.282 e. The van der Waals surface area contributed by atoms with E-state index in [4.69, 9.17) is 9.73 Å². The predicted octanol–water partition coefficient (Wildman–Crippen LogP) is 3.94. The van der Waals surface area contributed by atoms with Crippen molar-refractivity contribution in [2.45, 2.75) is 13.0 Å². The number of ether oxygens (including phenoxy) is 1. The molecule has 2 aliphatic heterocycles. The van der Waals surface area contributed by atoms with Crippen molar-refractivity contribution in [3.05, 3.63) is 101 Å². The summed E-state index contributed by atoms with van der Waals surface area (Å²) in [5, 5.41) is 6.27. The Kier molecular flexibility index (Phi) is 5.14. The zero-order valence-electron chi connectivity index (χ0n) is 18.2. The number of nitrogens with one attached hydrogen (secondary N) is 2. The van der Waals surface area contributed by atoms with Crippen LogP contribution in [0.25, 0.3) is 0 Å². The first-order chi connectivity index (χ1) is 16.0. The Bertz CT molecular complexity index is 1280. The number of carbonyl (C=O) groups is 2. The number of rotatable bonds is 4. The molecule has 1 atom stereocenters. The monoisotopic (exact) mass is 438 g/mol. The zero-order chi connectivity index (χ0) is 22.9. The summed E-state index contributed by atoms with van der Waals surface area (Å²) in [5.41, 5.74) is 3.80. The lowest BCUT2D eigenvalue weighted by Gasteiger charge is -2.23. The normalized spacial score (nSPS) is 17.5. The highest BCUT2D eigenvalue weighted by Crippen LogP contribution is 2.38. The van der Waals surface area contributed by atoms with Crippen molar-refractivity contribution in [2.75, 3.05) is 17.3 Å². The maximum Gasteiger partial charge on any atom is 0.282 e. The fraction of sp³-hybridized carbons (Fsp3) is 0.115. The van der Waals surface area contributed by atoms with Crippen LogP contribution in [0, 0.1) is 6.92 Å². The average Bonchev–Trinajstić information content (AvgIpc) is 3.10. The van der Waals surface area contributed by atoms with E-state index in [-0.39, 0.29) is 11.6 Å². The second kappa shape index (κ2) is 8.27. The number of para-hydroxylation sites is 1. The number of aryl methyl sites for hydroxylation is 1. The van der Waals surface area contributed by atoms with Crippen molar-refractivity contribution < 1.29 is 14.3 Å². The molecule has 164 valence electrons. The Labute approximate surface area is 191 Å². The van der Waals surface area contributed by atoms with Gasteiger partial charge in [0.15, 0.2) is 0 Å². The van der Waals surface area contributed by atoms with Crippen LogP contribution in [-0.4, -0.2) is 24.9 Å². The van der Waals surface area contributed by atoms with Gasteiger partial charge in [-0.3, -0.25) is 9.59 Å². The van der Waals surface area contributed by atoms with Gasteiger partial charge in [-0.25, -0.2) is 9.89 Å². The van der Waals surface area contributed by atoms with E-state index in [1.54, 1.807) is 31.4 Å². The summed E-state index contributed by atoms with van der Waals surface area (Å²) in [7, 11) is 1.61. The van der Waals surface area contributed by atoms with Crippen LogP contribution in [0.2, 0.25) is 0 Å². The Hall–Kier alpha value is -4.39. The van der Waals surface area contributed by atoms with Gasteiger partial charge in [0.1, 0.15) is 17.5 Å². The molecule has 2 heterocycles. The Morgan fingerprint density at radius 3 is 2.27 bits per heavy atom. The maximum atomic E-state index is 13.4. The summed E-state index contributed by atoms with van der Waals surface area (Å²) in [6.45, 7) is 2.00. The summed E-state index contributed by atoms with van der Waals surface area (Å²) >= 11 is 0. The molecule has 3 aromatic carbocycles. The topological polar surface area (TPSA) is 83.0 Å². The van der Waals surface area contributed by atoms with E-state index < -0.39 is 11.9 Å². The molecule has 7 nitrogen and oxygen atoms in total. The molecule has 0 saturated carbocycles. The number of methoxy groups -OCH3 is 1. The highest BCUT2D eigenvalue weighted by molar-refractivity contribution is 6.34. The van der Waals surface area contributed by atoms with Crippen molar-refractivity contribution in [1.82, 2.24) is 5.32 Å². The third-order valence-corrected chi connectivity index (χ3v) is 5.66. The van der Waals surface area contributed by atoms with Gasteiger partial charge in [-0.15, -0.1) is 0 Å². The first-order valence-corrected chi connectivity index (χ1v) is 10.6. The first kappa shape index (κ1) is 20.5. The lowest BCUT2D eigenvalue weighted by Crippen LogP contribution is -2.38. The Morgan fingerprint density at radius 2 is 1.61 bits per heavy atom. The largest absolute Gasteiger partial charge is 0.497 e. The van der Waals surface area contributed by atoms with Crippen LogP contribution in [0.3, 0.4) is 0 Å². The number of hydrogen-bond acceptors (Lipinski definition) is 6. The molecule has 2 aliphatic rings. The molecule has 0 spiro atoms. The highest BCUT2D eigenvalue weighted by atomic mass is 16.5. The third kappa shape index (κ3) is 3.74. The molecular weight excluding hydrogens is 416 g/mol. The summed E-state index contributed by atoms with van der Waals surface area (Å²) < 4.78 is 5.21. The molecule has 3 aromatic rings. The van der Waals surface area contributed by atoms with Crippen molar-refractivity contribution in [3.63, 3.8) is 0 Å². The number of carbonyl (C=O) groups excluding carboxylic acids is 2. The van der Waals surface area contributed by atoms with Crippen molar-refractivity contribution >= 4 is 29.1 Å². The number of amides is 2. The van der Waals surface area contributed by atoms with Gasteiger partial charge in [-0.2, -0.15) is 0 Å². The van der Waals surface area contributed by atoms with Crippen molar-refractivity contribution in [3.8, 4) is 5.75 Å². The first-order valence-electron chi connectivity index (χ1n) is 10.6. The van der Waals surface area contributed by atoms with E-state index in [0.717, 1.165) is 22.6 Å². The van der Waals surface area contributed by atoms with Gasteiger partial charge in [0, 0.05) is 5.69 Å². The second-order valence-corrected chi connectivity index (χ2v) is 7.84. The van der Waals surface area contributed by atoms with Gasteiger partial charge in [-0.05, 0) is 48.9 Å². The molecule has 0 radical (unpaired) electrons. The molecule has 0 aromatic heterocycles. The van der Waals surface area contributed by atoms with Crippen LogP contribution in [0.4, 0.5) is 11.4 Å². The highest BCUT2D eigenvalue weighted by Gasteiger charge is 2.45. The van der Waals surface area contributed by atoms with E-state index >= 15 is 0 Å². The minimum absolute atomic E-state index is 0.237. The molecule has 5 rings (SSSR count). The zero-order valence-corrected chi connectivity index (χ0v) is 18.2. The van der Waals surface area contributed by atoms with Crippen LogP contribution >= 0.6 is 0 Å². The molecule has 2 amide bonds. The molecule has 7 heteroatoms. The summed E-state index contributed by atoms with van der Waals surface area (Å²) in [5.74, 6) is 0.353. The van der Waals surface area contributed by atoms with Crippen molar-refractivity contribution in [1.29, 1.82) is 0 Å². The molecular formula is C26H22N4O3. The number of benzene rings is 3. The molecule has 0 aliphatic carbocycles. The SMILES string of the molecule is COc1ccc(NC2=NC(c3ccc(C)cc3)C3=C(N2)C(=O)N(c2ccccc2)C3=O)cc1. The average molecular weight is 438 g/mol. The minimum atomic E-state index is -0.618. The molecule has 1 unspecified atom stereocenters. The fourth-order valence-electron chi connectivity index (χ4n) is 3.94. The van der Waals surface area contributed by atoms with E-state index in [9.17, 15) is 9.59 Å². The quantitative estimate of drug-likeness (QED) is 0.603. The van der Waals surface area contributed by atoms with Crippen molar-refractivity contribution in [2.24, 2.45) is 4.99 Å². The number of guanidine groups is 1. The van der Waals surface area contributed by atoms with Gasteiger partial charge >= 0.3 is 0 Å². The molecule has 2 N–H and O–H groups in total. The summed E-state index contributed by atoms with van der Waals surface area (Å²) in [6, 6.07) is 23.5. The van der Waals surface area contributed by atoms with Crippen LogP contribution in [-0.2, 0) is 9.59 Å². The maximum absolute atomic E-state index is 13.4. The van der Waals surface area contributed by atoms with E-state index in [0.29, 0.717) is 17.2 Å². The van der Waals surface area contributed by atoms with Crippen LogP contribution in [0.5, 0.6) is 5.75 Å². The Balaban J connectivity index is 1.53. The number of imide groups is 1. The van der Waals surface area contributed by atoms with Gasteiger partial charge in [0.25, 0.3) is 11.8 Å². The minimum Gasteiger partial charge on any atom is -0.497 e. The van der Waals surface area contributed by atoms with Gasteiger partial charge in [0.2, 0.25) is 5.96 Å². The van der Waals surface area contributed by atoms with Gasteiger partial charge in [-0.1, -0.05) is 48.0 Å². The second-order valence-electron chi connectivity index (χ2n) is 7.84. The third-order valence-electron chi connectivity index (χ3n) is 5.66. The van der Waals surface area contributed by atoms with E-state index in [1.165, 1.54) is 4.90 Å². The molecule has 0 fully saturated rings. The number of aliphatic imine (C=N–C) groups is 1. The lowest BCUT2D eigenvalue weighted by atomic mass is 9.96. The molecule has 0 saturated heterocycles. The summed E-state index contributed by atoms with van der Waals surface area (Å²) in [6.07, 6.45) is 0.